The molecule has 5 heteroatoms. The number of aliphatic hydroxyl groups excluding tert-OH is 1. The van der Waals surface area contributed by atoms with Crippen molar-refractivity contribution in [2.75, 3.05) is 0 Å². The van der Waals surface area contributed by atoms with Gasteiger partial charge in [0.25, 0.3) is 0 Å². The lowest BCUT2D eigenvalue weighted by atomic mass is 10.1. The van der Waals surface area contributed by atoms with Crippen molar-refractivity contribution < 1.29 is 5.11 Å². The van der Waals surface area contributed by atoms with Gasteiger partial charge in [-0.1, -0.05) is 36.7 Å². The van der Waals surface area contributed by atoms with Gasteiger partial charge in [-0.2, -0.15) is 0 Å². The van der Waals surface area contributed by atoms with Crippen LogP contribution in [0.5, 0.6) is 0 Å². The number of halogens is 1. The molecule has 0 fully saturated rings. The number of rotatable bonds is 4. The van der Waals surface area contributed by atoms with Crippen LogP contribution in [0.15, 0.2) is 18.2 Å². The summed E-state index contributed by atoms with van der Waals surface area (Å²) in [5, 5.41) is 18.3. The quantitative estimate of drug-likeness (QED) is 0.936. The van der Waals surface area contributed by atoms with E-state index in [1.54, 1.807) is 4.68 Å². The second-order valence-corrected chi connectivity index (χ2v) is 5.52. The van der Waals surface area contributed by atoms with Crippen LogP contribution in [-0.2, 0) is 13.0 Å². The van der Waals surface area contributed by atoms with Gasteiger partial charge < -0.3 is 5.11 Å². The summed E-state index contributed by atoms with van der Waals surface area (Å²) in [6.45, 7) is 6.17. The molecule has 0 radical (unpaired) electrons. The van der Waals surface area contributed by atoms with Gasteiger partial charge in [0, 0.05) is 5.02 Å². The van der Waals surface area contributed by atoms with Gasteiger partial charge in [-0.15, -0.1) is 5.10 Å². The molecular weight excluding hydrogens is 262 g/mol. The van der Waals surface area contributed by atoms with Crippen LogP contribution in [0.3, 0.4) is 0 Å². The van der Waals surface area contributed by atoms with E-state index >= 15 is 0 Å². The maximum absolute atomic E-state index is 9.37. The van der Waals surface area contributed by atoms with Crippen LogP contribution in [0, 0.1) is 12.8 Å². The van der Waals surface area contributed by atoms with Crippen molar-refractivity contribution in [3.8, 4) is 5.69 Å². The van der Waals surface area contributed by atoms with Crippen molar-refractivity contribution in [2.45, 2.75) is 33.8 Å². The van der Waals surface area contributed by atoms with Crippen molar-refractivity contribution in [3.05, 3.63) is 40.2 Å². The molecular formula is C14H18ClN3O. The summed E-state index contributed by atoms with van der Waals surface area (Å²) >= 11 is 6.05. The summed E-state index contributed by atoms with van der Waals surface area (Å²) in [6.07, 6.45) is 0.814. The number of benzene rings is 1. The molecule has 19 heavy (non-hydrogen) atoms. The number of hydrogen-bond donors (Lipinski definition) is 1. The lowest BCUT2D eigenvalue weighted by molar-refractivity contribution is 0.275. The lowest BCUT2D eigenvalue weighted by Crippen LogP contribution is -2.08. The van der Waals surface area contributed by atoms with Gasteiger partial charge in [0.15, 0.2) is 0 Å². The molecule has 0 unspecified atom stereocenters. The lowest BCUT2D eigenvalue weighted by Gasteiger charge is -2.12. The average Bonchev–Trinajstić information content (AvgIpc) is 2.74. The van der Waals surface area contributed by atoms with Gasteiger partial charge >= 0.3 is 0 Å². The van der Waals surface area contributed by atoms with Crippen LogP contribution >= 0.6 is 11.6 Å². The first kappa shape index (κ1) is 14.0. The van der Waals surface area contributed by atoms with E-state index in [2.05, 4.69) is 24.2 Å². The normalized spacial score (nSPS) is 11.3. The maximum Gasteiger partial charge on any atom is 0.112 e. The first-order valence-corrected chi connectivity index (χ1v) is 6.71. The molecule has 1 aromatic carbocycles. The standard InChI is InChI=1S/C14H18ClN3O/c1-9(2)6-14-12(8-19)16-17-18(14)13-7-11(15)5-4-10(13)3/h4-5,7,9,19H,6,8H2,1-3H3. The number of aryl methyl sites for hydroxylation is 1. The highest BCUT2D eigenvalue weighted by Gasteiger charge is 2.16. The average molecular weight is 280 g/mol. The fourth-order valence-corrected chi connectivity index (χ4v) is 2.22. The van der Waals surface area contributed by atoms with E-state index in [4.69, 9.17) is 11.6 Å². The van der Waals surface area contributed by atoms with E-state index < -0.39 is 0 Å². The fourth-order valence-electron chi connectivity index (χ4n) is 2.05. The molecule has 0 amide bonds. The molecule has 0 aliphatic rings. The topological polar surface area (TPSA) is 50.9 Å². The van der Waals surface area contributed by atoms with Crippen LogP contribution in [0.1, 0.15) is 30.8 Å². The molecule has 0 bridgehead atoms. The summed E-state index contributed by atoms with van der Waals surface area (Å²) < 4.78 is 1.78. The molecule has 1 heterocycles. The SMILES string of the molecule is Cc1ccc(Cl)cc1-n1nnc(CO)c1CC(C)C. The first-order chi connectivity index (χ1) is 9.02. The van der Waals surface area contributed by atoms with Crippen LogP contribution in [0.4, 0.5) is 0 Å². The van der Waals surface area contributed by atoms with Gasteiger partial charge in [0.1, 0.15) is 5.69 Å². The summed E-state index contributed by atoms with van der Waals surface area (Å²) in [7, 11) is 0. The molecule has 1 aromatic heterocycles. The summed E-state index contributed by atoms with van der Waals surface area (Å²) in [5.41, 5.74) is 3.56. The Kier molecular flexibility index (Phi) is 4.22. The maximum atomic E-state index is 9.37. The predicted octanol–water partition coefficient (Wildman–Crippen LogP) is 2.92. The zero-order chi connectivity index (χ0) is 14.0. The minimum atomic E-state index is -0.0956. The van der Waals surface area contributed by atoms with E-state index in [9.17, 15) is 5.11 Å². The molecule has 0 aliphatic heterocycles. The Balaban J connectivity index is 2.55. The predicted molar refractivity (Wildman–Crippen MR) is 75.6 cm³/mol. The summed E-state index contributed by atoms with van der Waals surface area (Å²) in [6, 6.07) is 5.68. The minimum Gasteiger partial charge on any atom is -0.390 e. The van der Waals surface area contributed by atoms with E-state index in [0.717, 1.165) is 23.4 Å². The largest absolute Gasteiger partial charge is 0.390 e. The molecule has 0 spiro atoms. The second kappa shape index (κ2) is 5.72. The zero-order valence-electron chi connectivity index (χ0n) is 11.4. The molecule has 0 saturated heterocycles. The highest BCUT2D eigenvalue weighted by atomic mass is 35.5. The number of hydrogen-bond acceptors (Lipinski definition) is 3. The van der Waals surface area contributed by atoms with Gasteiger partial charge in [-0.3, -0.25) is 0 Å². The molecule has 2 rings (SSSR count). The highest BCUT2D eigenvalue weighted by molar-refractivity contribution is 6.30. The van der Waals surface area contributed by atoms with Crippen LogP contribution in [0.25, 0.3) is 5.69 Å². The van der Waals surface area contributed by atoms with E-state index in [-0.39, 0.29) is 6.61 Å². The summed E-state index contributed by atoms with van der Waals surface area (Å²) in [4.78, 5) is 0. The van der Waals surface area contributed by atoms with E-state index in [1.807, 2.05) is 25.1 Å². The van der Waals surface area contributed by atoms with E-state index in [0.29, 0.717) is 16.6 Å². The Morgan fingerprint density at radius 2 is 2.11 bits per heavy atom. The minimum absolute atomic E-state index is 0.0956. The van der Waals surface area contributed by atoms with Crippen LogP contribution in [0.2, 0.25) is 5.02 Å². The van der Waals surface area contributed by atoms with Crippen molar-refractivity contribution >= 4 is 11.6 Å². The Hall–Kier alpha value is -1.39. The summed E-state index contributed by atoms with van der Waals surface area (Å²) in [5.74, 6) is 0.460. The Morgan fingerprint density at radius 3 is 2.74 bits per heavy atom. The third-order valence-corrected chi connectivity index (χ3v) is 3.23. The van der Waals surface area contributed by atoms with Crippen LogP contribution in [-0.4, -0.2) is 20.1 Å². The van der Waals surface area contributed by atoms with Gasteiger partial charge in [-0.25, -0.2) is 4.68 Å². The molecule has 0 saturated carbocycles. The van der Waals surface area contributed by atoms with Crippen molar-refractivity contribution in [3.63, 3.8) is 0 Å². The number of aliphatic hydroxyl groups is 1. The first-order valence-electron chi connectivity index (χ1n) is 6.33. The third kappa shape index (κ3) is 2.96. The molecule has 0 atom stereocenters. The van der Waals surface area contributed by atoms with Crippen molar-refractivity contribution in [2.24, 2.45) is 5.92 Å². The van der Waals surface area contributed by atoms with Gasteiger partial charge in [0.2, 0.25) is 0 Å². The highest BCUT2D eigenvalue weighted by Crippen LogP contribution is 2.22. The Morgan fingerprint density at radius 1 is 1.37 bits per heavy atom. The third-order valence-electron chi connectivity index (χ3n) is 2.99. The molecule has 102 valence electrons. The molecule has 4 nitrogen and oxygen atoms in total. The molecule has 0 aliphatic carbocycles. The van der Waals surface area contributed by atoms with Crippen LogP contribution < -0.4 is 0 Å². The van der Waals surface area contributed by atoms with E-state index in [1.165, 1.54) is 0 Å². The molecule has 1 N–H and O–H groups in total. The van der Waals surface area contributed by atoms with Crippen molar-refractivity contribution in [1.29, 1.82) is 0 Å². The fraction of sp³-hybridized carbons (Fsp3) is 0.429. The number of nitrogens with zero attached hydrogens (tertiary/aromatic N) is 3. The second-order valence-electron chi connectivity index (χ2n) is 5.08. The Bertz CT molecular complexity index is 578. The molecule has 2 aromatic rings. The Labute approximate surface area is 118 Å². The monoisotopic (exact) mass is 279 g/mol. The van der Waals surface area contributed by atoms with Gasteiger partial charge in [-0.05, 0) is 37.0 Å². The smallest absolute Gasteiger partial charge is 0.112 e. The number of aromatic nitrogens is 3. The van der Waals surface area contributed by atoms with Crippen molar-refractivity contribution in [1.82, 2.24) is 15.0 Å². The van der Waals surface area contributed by atoms with Gasteiger partial charge in [0.05, 0.1) is 18.0 Å². The zero-order valence-corrected chi connectivity index (χ0v) is 12.1.